The number of carbonyl (C=O) groups excluding carboxylic acids is 1. The fraction of sp³-hybridized carbons (Fsp3) is 0.923. The van der Waals surface area contributed by atoms with Gasteiger partial charge in [-0.25, -0.2) is 0 Å². The van der Waals surface area contributed by atoms with Crippen LogP contribution in [0.5, 0.6) is 0 Å². The molecule has 0 heterocycles. The first-order valence-corrected chi connectivity index (χ1v) is 6.76. The van der Waals surface area contributed by atoms with E-state index in [1.54, 1.807) is 4.90 Å². The summed E-state index contributed by atoms with van der Waals surface area (Å²) < 4.78 is 0. The minimum Gasteiger partial charge on any atom is -0.342 e. The molecule has 1 rings (SSSR count). The van der Waals surface area contributed by atoms with Crippen LogP contribution in [0, 0.1) is 0 Å². The third kappa shape index (κ3) is 5.04. The van der Waals surface area contributed by atoms with Gasteiger partial charge in [-0.05, 0) is 33.2 Å². The van der Waals surface area contributed by atoms with Crippen LogP contribution in [0.1, 0.15) is 33.6 Å². The molecule has 17 heavy (non-hydrogen) atoms. The average Bonchev–Trinajstić information content (AvgIpc) is 3.11. The topological polar surface area (TPSA) is 35.6 Å². The predicted octanol–water partition coefficient (Wildman–Crippen LogP) is 0.927. The first-order valence-electron chi connectivity index (χ1n) is 6.76. The molecule has 1 aliphatic rings. The van der Waals surface area contributed by atoms with Crippen molar-refractivity contribution < 1.29 is 4.79 Å². The van der Waals surface area contributed by atoms with Crippen LogP contribution in [0.3, 0.4) is 0 Å². The van der Waals surface area contributed by atoms with Crippen molar-refractivity contribution in [1.82, 2.24) is 15.1 Å². The maximum Gasteiger partial charge on any atom is 0.236 e. The fourth-order valence-corrected chi connectivity index (χ4v) is 1.87. The molecule has 0 aromatic carbocycles. The molecule has 0 saturated heterocycles. The van der Waals surface area contributed by atoms with Crippen LogP contribution >= 0.6 is 0 Å². The van der Waals surface area contributed by atoms with Crippen LogP contribution in [-0.4, -0.2) is 61.0 Å². The lowest BCUT2D eigenvalue weighted by Crippen LogP contribution is -2.41. The monoisotopic (exact) mass is 241 g/mol. The number of carbonyl (C=O) groups is 1. The number of hydrogen-bond donors (Lipinski definition) is 1. The van der Waals surface area contributed by atoms with Crippen LogP contribution in [0.15, 0.2) is 0 Å². The summed E-state index contributed by atoms with van der Waals surface area (Å²) in [6.45, 7) is 9.80. The van der Waals surface area contributed by atoms with Gasteiger partial charge in [0.15, 0.2) is 0 Å². The van der Waals surface area contributed by atoms with Gasteiger partial charge < -0.3 is 10.2 Å². The number of nitrogens with zero attached hydrogens (tertiary/aromatic N) is 2. The Labute approximate surface area is 105 Å². The highest BCUT2D eigenvalue weighted by Crippen LogP contribution is 2.25. The Morgan fingerprint density at radius 2 is 2.06 bits per heavy atom. The predicted molar refractivity (Wildman–Crippen MR) is 71.0 cm³/mol. The third-order valence-electron chi connectivity index (χ3n) is 3.49. The lowest BCUT2D eigenvalue weighted by molar-refractivity contribution is -0.130. The van der Waals surface area contributed by atoms with E-state index in [0.717, 1.165) is 25.7 Å². The van der Waals surface area contributed by atoms with E-state index in [4.69, 9.17) is 0 Å². The van der Waals surface area contributed by atoms with Gasteiger partial charge in [-0.2, -0.15) is 0 Å². The summed E-state index contributed by atoms with van der Waals surface area (Å²) in [6, 6.07) is 1.10. The summed E-state index contributed by atoms with van der Waals surface area (Å²) in [7, 11) is 1.86. The van der Waals surface area contributed by atoms with Crippen LogP contribution in [0.2, 0.25) is 0 Å². The zero-order chi connectivity index (χ0) is 12.8. The standard InChI is InChI=1S/C13H27N3O/c1-5-16(12-6-7-12)9-8-14-10-13(17)15(4)11(2)3/h11-12,14H,5-10H2,1-4H3. The Hall–Kier alpha value is -0.610. The maximum atomic E-state index is 11.7. The van der Waals surface area contributed by atoms with Crippen molar-refractivity contribution in [3.8, 4) is 0 Å². The van der Waals surface area contributed by atoms with Gasteiger partial charge in [-0.3, -0.25) is 9.69 Å². The Balaban J connectivity index is 2.08. The van der Waals surface area contributed by atoms with E-state index in [0.29, 0.717) is 6.54 Å². The van der Waals surface area contributed by atoms with Gasteiger partial charge in [0.05, 0.1) is 6.54 Å². The van der Waals surface area contributed by atoms with Crippen LogP contribution in [-0.2, 0) is 4.79 Å². The van der Waals surface area contributed by atoms with E-state index in [2.05, 4.69) is 17.1 Å². The molecule has 100 valence electrons. The molecule has 4 heteroatoms. The lowest BCUT2D eigenvalue weighted by Gasteiger charge is -2.23. The largest absolute Gasteiger partial charge is 0.342 e. The first kappa shape index (κ1) is 14.5. The molecule has 0 atom stereocenters. The fourth-order valence-electron chi connectivity index (χ4n) is 1.87. The van der Waals surface area contributed by atoms with Crippen molar-refractivity contribution in [2.24, 2.45) is 0 Å². The number of hydrogen-bond acceptors (Lipinski definition) is 3. The van der Waals surface area contributed by atoms with Gasteiger partial charge in [0.1, 0.15) is 0 Å². The molecule has 1 N–H and O–H groups in total. The Morgan fingerprint density at radius 3 is 2.53 bits per heavy atom. The Kier molecular flexibility index (Phi) is 5.92. The molecule has 0 aliphatic heterocycles. The van der Waals surface area contributed by atoms with E-state index in [1.165, 1.54) is 12.8 Å². The highest BCUT2D eigenvalue weighted by Gasteiger charge is 2.27. The van der Waals surface area contributed by atoms with Gasteiger partial charge >= 0.3 is 0 Å². The highest BCUT2D eigenvalue weighted by molar-refractivity contribution is 5.78. The zero-order valence-corrected chi connectivity index (χ0v) is 11.7. The maximum absolute atomic E-state index is 11.7. The Morgan fingerprint density at radius 1 is 1.41 bits per heavy atom. The van der Waals surface area contributed by atoms with Crippen LogP contribution in [0.4, 0.5) is 0 Å². The molecule has 1 aliphatic carbocycles. The second kappa shape index (κ2) is 6.97. The number of rotatable bonds is 8. The zero-order valence-electron chi connectivity index (χ0n) is 11.7. The van der Waals surface area contributed by atoms with E-state index in [9.17, 15) is 4.79 Å². The lowest BCUT2D eigenvalue weighted by atomic mass is 10.3. The summed E-state index contributed by atoms with van der Waals surface area (Å²) in [5.41, 5.74) is 0. The normalized spacial score (nSPS) is 15.6. The summed E-state index contributed by atoms with van der Waals surface area (Å²) >= 11 is 0. The molecule has 4 nitrogen and oxygen atoms in total. The third-order valence-corrected chi connectivity index (χ3v) is 3.49. The smallest absolute Gasteiger partial charge is 0.236 e. The molecule has 1 fully saturated rings. The van der Waals surface area contributed by atoms with Crippen molar-refractivity contribution in [3.63, 3.8) is 0 Å². The van der Waals surface area contributed by atoms with Gasteiger partial charge in [0.2, 0.25) is 5.91 Å². The minimum atomic E-state index is 0.175. The van der Waals surface area contributed by atoms with E-state index < -0.39 is 0 Å². The summed E-state index contributed by atoms with van der Waals surface area (Å²) in [6.07, 6.45) is 2.70. The van der Waals surface area contributed by atoms with Crippen molar-refractivity contribution in [1.29, 1.82) is 0 Å². The van der Waals surface area contributed by atoms with Gasteiger partial charge in [0, 0.05) is 32.2 Å². The van der Waals surface area contributed by atoms with Crippen molar-refractivity contribution in [2.45, 2.75) is 45.7 Å². The SMILES string of the molecule is CCN(CCNCC(=O)N(C)C(C)C)C1CC1. The number of amides is 1. The second-order valence-electron chi connectivity index (χ2n) is 5.13. The molecule has 0 aromatic heterocycles. The van der Waals surface area contributed by atoms with Crippen molar-refractivity contribution in [2.75, 3.05) is 33.2 Å². The van der Waals surface area contributed by atoms with Gasteiger partial charge in [-0.15, -0.1) is 0 Å². The molecular formula is C13H27N3O. The van der Waals surface area contributed by atoms with Crippen molar-refractivity contribution >= 4 is 5.91 Å². The van der Waals surface area contributed by atoms with Crippen LogP contribution < -0.4 is 5.32 Å². The number of nitrogens with one attached hydrogen (secondary N) is 1. The molecule has 1 saturated carbocycles. The van der Waals surface area contributed by atoms with Crippen molar-refractivity contribution in [3.05, 3.63) is 0 Å². The quantitative estimate of drug-likeness (QED) is 0.642. The summed E-state index contributed by atoms with van der Waals surface area (Å²) in [5.74, 6) is 0.175. The molecular weight excluding hydrogens is 214 g/mol. The molecule has 0 radical (unpaired) electrons. The average molecular weight is 241 g/mol. The molecule has 0 bridgehead atoms. The van der Waals surface area contributed by atoms with Crippen LogP contribution in [0.25, 0.3) is 0 Å². The molecule has 0 aromatic rings. The Bertz CT molecular complexity index is 239. The first-order chi connectivity index (χ1) is 8.06. The summed E-state index contributed by atoms with van der Waals surface area (Å²) in [5, 5.41) is 3.24. The van der Waals surface area contributed by atoms with E-state index in [1.807, 2.05) is 20.9 Å². The van der Waals surface area contributed by atoms with Gasteiger partial charge in [-0.1, -0.05) is 6.92 Å². The highest BCUT2D eigenvalue weighted by atomic mass is 16.2. The molecule has 0 unspecified atom stereocenters. The van der Waals surface area contributed by atoms with E-state index in [-0.39, 0.29) is 11.9 Å². The number of likely N-dealkylation sites (N-methyl/N-ethyl adjacent to an activating group) is 2. The minimum absolute atomic E-state index is 0.175. The summed E-state index contributed by atoms with van der Waals surface area (Å²) in [4.78, 5) is 16.0. The second-order valence-corrected chi connectivity index (χ2v) is 5.13. The molecule has 1 amide bonds. The van der Waals surface area contributed by atoms with E-state index >= 15 is 0 Å². The molecule has 0 spiro atoms. The van der Waals surface area contributed by atoms with Gasteiger partial charge in [0.25, 0.3) is 0 Å².